The minimum absolute atomic E-state index is 0.137. The van der Waals surface area contributed by atoms with Gasteiger partial charge in [-0.2, -0.15) is 0 Å². The van der Waals surface area contributed by atoms with E-state index in [1.54, 1.807) is 0 Å². The van der Waals surface area contributed by atoms with Crippen LogP contribution in [0.1, 0.15) is 10.4 Å². The highest BCUT2D eigenvalue weighted by Gasteiger charge is 2.15. The molecule has 1 unspecified atom stereocenters. The fourth-order valence-electron chi connectivity index (χ4n) is 1.56. The quantitative estimate of drug-likeness (QED) is 0.715. The van der Waals surface area contributed by atoms with E-state index in [0.29, 0.717) is 11.1 Å². The van der Waals surface area contributed by atoms with Crippen molar-refractivity contribution in [2.24, 2.45) is 5.14 Å². The molecule has 21 heavy (non-hydrogen) atoms. The van der Waals surface area contributed by atoms with Gasteiger partial charge in [-0.1, -0.05) is 15.9 Å². The number of hydrogen-bond acceptors (Lipinski definition) is 5. The number of rotatable bonds is 7. The van der Waals surface area contributed by atoms with Gasteiger partial charge < -0.3 is 14.8 Å². The van der Waals surface area contributed by atoms with Crippen molar-refractivity contribution >= 4 is 31.9 Å². The van der Waals surface area contributed by atoms with E-state index in [9.17, 15) is 13.2 Å². The van der Waals surface area contributed by atoms with Gasteiger partial charge >= 0.3 is 0 Å². The lowest BCUT2D eigenvalue weighted by atomic mass is 10.2. The number of amides is 1. The number of ether oxygens (including phenoxy) is 2. The molecular weight excluding hydrogens is 364 g/mol. The molecule has 0 fully saturated rings. The van der Waals surface area contributed by atoms with Crippen molar-refractivity contribution in [1.29, 1.82) is 0 Å². The summed E-state index contributed by atoms with van der Waals surface area (Å²) in [6, 6.07) is 4.05. The van der Waals surface area contributed by atoms with Gasteiger partial charge in [-0.3, -0.25) is 4.79 Å². The predicted molar refractivity (Wildman–Crippen MR) is 80.5 cm³/mol. The molecule has 118 valence electrons. The van der Waals surface area contributed by atoms with Crippen LogP contribution in [-0.4, -0.2) is 47.8 Å². The molecule has 9 heteroatoms. The second-order valence-electron chi connectivity index (χ2n) is 4.24. The molecule has 1 aromatic carbocycles. The minimum Gasteiger partial charge on any atom is -0.382 e. The number of hydrogen-bond donors (Lipinski definition) is 2. The zero-order valence-corrected chi connectivity index (χ0v) is 14.0. The number of benzene rings is 1. The molecule has 0 spiro atoms. The molecule has 0 radical (unpaired) electrons. The van der Waals surface area contributed by atoms with E-state index in [0.717, 1.165) is 0 Å². The molecular formula is C12H17BrN2O5S. The van der Waals surface area contributed by atoms with E-state index in [4.69, 9.17) is 14.6 Å². The number of nitrogens with one attached hydrogen (secondary N) is 1. The molecule has 1 amide bonds. The first-order valence-corrected chi connectivity index (χ1v) is 8.25. The van der Waals surface area contributed by atoms with E-state index in [1.807, 2.05) is 0 Å². The van der Waals surface area contributed by atoms with Crippen molar-refractivity contribution in [3.05, 3.63) is 28.2 Å². The molecule has 0 aromatic heterocycles. The molecule has 0 aliphatic carbocycles. The first-order valence-electron chi connectivity index (χ1n) is 5.91. The Morgan fingerprint density at radius 2 is 2.05 bits per heavy atom. The third-order valence-electron chi connectivity index (χ3n) is 2.64. The molecule has 0 aliphatic rings. The summed E-state index contributed by atoms with van der Waals surface area (Å²) in [5.41, 5.74) is 0.181. The summed E-state index contributed by atoms with van der Waals surface area (Å²) in [6.45, 7) is 0.568. The van der Waals surface area contributed by atoms with Crippen molar-refractivity contribution in [3.8, 4) is 0 Å². The summed E-state index contributed by atoms with van der Waals surface area (Å²) in [5, 5.41) is 7.70. The standard InChI is InChI=1S/C12H17BrN2O5S/c1-19-7-10(20-2)6-15-12(16)8-3-9(13)5-11(4-8)21(14,17)18/h3-5,10H,6-7H2,1-2H3,(H,15,16)(H2,14,17,18). The van der Waals surface area contributed by atoms with Crippen molar-refractivity contribution in [2.75, 3.05) is 27.4 Å². The molecule has 0 bridgehead atoms. The fraction of sp³-hybridized carbons (Fsp3) is 0.417. The summed E-state index contributed by atoms with van der Waals surface area (Å²) < 4.78 is 33.2. The first-order chi connectivity index (χ1) is 9.77. The Bertz CT molecular complexity index is 606. The number of sulfonamides is 1. The van der Waals surface area contributed by atoms with Crippen LogP contribution in [0.5, 0.6) is 0 Å². The monoisotopic (exact) mass is 380 g/mol. The van der Waals surface area contributed by atoms with Crippen LogP contribution in [-0.2, 0) is 19.5 Å². The van der Waals surface area contributed by atoms with Gasteiger partial charge in [-0.05, 0) is 18.2 Å². The molecule has 3 N–H and O–H groups in total. The summed E-state index contributed by atoms with van der Waals surface area (Å²) in [4.78, 5) is 11.9. The Morgan fingerprint density at radius 3 is 2.57 bits per heavy atom. The SMILES string of the molecule is COCC(CNC(=O)c1cc(Br)cc(S(N)(=O)=O)c1)OC. The largest absolute Gasteiger partial charge is 0.382 e. The van der Waals surface area contributed by atoms with E-state index in [-0.39, 0.29) is 23.1 Å². The average molecular weight is 381 g/mol. The Morgan fingerprint density at radius 1 is 1.38 bits per heavy atom. The zero-order chi connectivity index (χ0) is 16.0. The van der Waals surface area contributed by atoms with Gasteiger partial charge in [0.15, 0.2) is 0 Å². The van der Waals surface area contributed by atoms with Crippen LogP contribution in [0.25, 0.3) is 0 Å². The van der Waals surface area contributed by atoms with Gasteiger partial charge in [-0.25, -0.2) is 13.6 Å². The van der Waals surface area contributed by atoms with E-state index >= 15 is 0 Å². The summed E-state index contributed by atoms with van der Waals surface area (Å²) >= 11 is 3.15. The maximum Gasteiger partial charge on any atom is 0.251 e. The first kappa shape index (κ1) is 18.1. The van der Waals surface area contributed by atoms with Crippen LogP contribution in [0.3, 0.4) is 0 Å². The average Bonchev–Trinajstić information content (AvgIpc) is 2.41. The minimum atomic E-state index is -3.88. The molecule has 0 aliphatic heterocycles. The normalized spacial score (nSPS) is 13.0. The van der Waals surface area contributed by atoms with Crippen molar-refractivity contribution < 1.29 is 22.7 Å². The van der Waals surface area contributed by atoms with Crippen LogP contribution >= 0.6 is 15.9 Å². The molecule has 1 atom stereocenters. The summed E-state index contributed by atoms with van der Waals surface area (Å²) in [7, 11) is -0.844. The highest BCUT2D eigenvalue weighted by molar-refractivity contribution is 9.10. The number of primary sulfonamides is 1. The van der Waals surface area contributed by atoms with E-state index in [2.05, 4.69) is 21.2 Å². The molecule has 7 nitrogen and oxygen atoms in total. The van der Waals surface area contributed by atoms with E-state index in [1.165, 1.54) is 32.4 Å². The van der Waals surface area contributed by atoms with Crippen LogP contribution in [0.2, 0.25) is 0 Å². The highest BCUT2D eigenvalue weighted by atomic mass is 79.9. The zero-order valence-electron chi connectivity index (χ0n) is 11.6. The van der Waals surface area contributed by atoms with Crippen LogP contribution in [0, 0.1) is 0 Å². The van der Waals surface area contributed by atoms with Gasteiger partial charge in [-0.15, -0.1) is 0 Å². The van der Waals surface area contributed by atoms with Gasteiger partial charge in [0, 0.05) is 30.8 Å². The van der Waals surface area contributed by atoms with Crippen molar-refractivity contribution in [2.45, 2.75) is 11.0 Å². The third-order valence-corrected chi connectivity index (χ3v) is 3.99. The Kier molecular flexibility index (Phi) is 6.75. The van der Waals surface area contributed by atoms with Crippen LogP contribution < -0.4 is 10.5 Å². The van der Waals surface area contributed by atoms with Gasteiger partial charge in [0.25, 0.3) is 5.91 Å². The van der Waals surface area contributed by atoms with Gasteiger partial charge in [0.2, 0.25) is 10.0 Å². The lowest BCUT2D eigenvalue weighted by molar-refractivity contribution is 0.0285. The molecule has 1 rings (SSSR count). The fourth-order valence-corrected chi connectivity index (χ4v) is 2.79. The maximum absolute atomic E-state index is 12.0. The highest BCUT2D eigenvalue weighted by Crippen LogP contribution is 2.18. The lowest BCUT2D eigenvalue weighted by Crippen LogP contribution is -2.35. The second-order valence-corrected chi connectivity index (χ2v) is 6.72. The molecule has 0 saturated carbocycles. The topological polar surface area (TPSA) is 108 Å². The number of carbonyl (C=O) groups excluding carboxylic acids is 1. The Labute approximate surface area is 132 Å². The molecule has 0 saturated heterocycles. The number of halogens is 1. The smallest absolute Gasteiger partial charge is 0.251 e. The third kappa shape index (κ3) is 5.71. The molecule has 0 heterocycles. The Balaban J connectivity index is 2.86. The number of methoxy groups -OCH3 is 2. The van der Waals surface area contributed by atoms with Crippen molar-refractivity contribution in [3.63, 3.8) is 0 Å². The van der Waals surface area contributed by atoms with Crippen LogP contribution in [0.15, 0.2) is 27.6 Å². The summed E-state index contributed by atoms with van der Waals surface area (Å²) in [5.74, 6) is -0.431. The Hall–Kier alpha value is -1.00. The number of carbonyl (C=O) groups is 1. The van der Waals surface area contributed by atoms with Gasteiger partial charge in [0.1, 0.15) is 0 Å². The number of nitrogens with two attached hydrogens (primary N) is 1. The predicted octanol–water partition coefficient (Wildman–Crippen LogP) is 0.488. The van der Waals surface area contributed by atoms with E-state index < -0.39 is 15.9 Å². The van der Waals surface area contributed by atoms with Crippen molar-refractivity contribution in [1.82, 2.24) is 5.32 Å². The summed E-state index contributed by atoms with van der Waals surface area (Å²) in [6.07, 6.45) is -0.288. The lowest BCUT2D eigenvalue weighted by Gasteiger charge is -2.15. The van der Waals surface area contributed by atoms with Gasteiger partial charge in [0.05, 0.1) is 17.6 Å². The molecule has 1 aromatic rings. The van der Waals surface area contributed by atoms with Crippen LogP contribution in [0.4, 0.5) is 0 Å². The second kappa shape index (κ2) is 7.85. The maximum atomic E-state index is 12.0.